The van der Waals surface area contributed by atoms with E-state index in [0.29, 0.717) is 23.8 Å². The summed E-state index contributed by atoms with van der Waals surface area (Å²) in [5, 5.41) is 0. The third-order valence-corrected chi connectivity index (χ3v) is 7.17. The minimum Gasteiger partial charge on any atom is -0.326 e. The Labute approximate surface area is 129 Å². The summed E-state index contributed by atoms with van der Waals surface area (Å²) in [5.74, 6) is 0. The molecule has 2 N–H and O–H groups in total. The Kier molecular flexibility index (Phi) is 4.12. The second-order valence-corrected chi connectivity index (χ2v) is 8.47. The van der Waals surface area contributed by atoms with Crippen molar-refractivity contribution in [3.05, 3.63) is 52.4 Å². The lowest BCUT2D eigenvalue weighted by molar-refractivity contribution is 0.411. The molecule has 0 amide bonds. The van der Waals surface area contributed by atoms with Crippen LogP contribution in [-0.4, -0.2) is 19.3 Å². The average Bonchev–Trinajstić information content (AvgIpc) is 2.87. The molecule has 0 saturated carbocycles. The van der Waals surface area contributed by atoms with E-state index in [2.05, 4.69) is 6.07 Å². The number of sulfonamides is 1. The van der Waals surface area contributed by atoms with Crippen LogP contribution >= 0.6 is 11.3 Å². The van der Waals surface area contributed by atoms with E-state index in [0.717, 1.165) is 23.3 Å². The van der Waals surface area contributed by atoms with Crippen LogP contribution in [0.3, 0.4) is 0 Å². The van der Waals surface area contributed by atoms with Crippen LogP contribution in [0.2, 0.25) is 0 Å². The fourth-order valence-corrected chi connectivity index (χ4v) is 5.46. The minimum atomic E-state index is -3.42. The molecule has 3 rings (SSSR count). The number of hydrogen-bond acceptors (Lipinski definition) is 4. The molecule has 2 heterocycles. The van der Waals surface area contributed by atoms with Crippen molar-refractivity contribution in [3.8, 4) is 0 Å². The highest BCUT2D eigenvalue weighted by atomic mass is 32.2. The number of rotatable bonds is 3. The molecule has 0 bridgehead atoms. The van der Waals surface area contributed by atoms with Crippen LogP contribution in [-0.2, 0) is 29.5 Å². The van der Waals surface area contributed by atoms with Crippen LogP contribution in [0.15, 0.2) is 40.6 Å². The lowest BCUT2D eigenvalue weighted by Crippen LogP contribution is -2.30. The highest BCUT2D eigenvalue weighted by molar-refractivity contribution is 7.91. The molecule has 4 nitrogen and oxygen atoms in total. The summed E-state index contributed by atoms with van der Waals surface area (Å²) in [6.45, 7) is 1.39. The third-order valence-electron chi connectivity index (χ3n) is 3.75. The molecule has 1 aromatic carbocycles. The molecule has 21 heavy (non-hydrogen) atoms. The Morgan fingerprint density at radius 2 is 1.90 bits per heavy atom. The van der Waals surface area contributed by atoms with Gasteiger partial charge < -0.3 is 5.73 Å². The molecule has 1 aliphatic rings. The van der Waals surface area contributed by atoms with Gasteiger partial charge in [0.05, 0.1) is 0 Å². The number of benzene rings is 1. The normalized spacial score (nSPS) is 16.4. The zero-order valence-corrected chi connectivity index (χ0v) is 13.3. The van der Waals surface area contributed by atoms with E-state index >= 15 is 0 Å². The van der Waals surface area contributed by atoms with Crippen molar-refractivity contribution in [1.82, 2.24) is 4.31 Å². The van der Waals surface area contributed by atoms with Gasteiger partial charge in [-0.15, -0.1) is 11.3 Å². The van der Waals surface area contributed by atoms with Crippen LogP contribution < -0.4 is 5.73 Å². The molecule has 0 unspecified atom stereocenters. The summed E-state index contributed by atoms with van der Waals surface area (Å²) in [5.41, 5.74) is 7.93. The van der Waals surface area contributed by atoms with Crippen molar-refractivity contribution in [2.45, 2.75) is 30.1 Å². The fourth-order valence-electron chi connectivity index (χ4n) is 2.61. The zero-order valence-electron chi connectivity index (χ0n) is 11.7. The first-order chi connectivity index (χ1) is 10.1. The smallest absolute Gasteiger partial charge is 0.252 e. The molecule has 0 radical (unpaired) electrons. The van der Waals surface area contributed by atoms with Crippen LogP contribution in [0, 0.1) is 0 Å². The van der Waals surface area contributed by atoms with Gasteiger partial charge in [-0.1, -0.05) is 24.3 Å². The van der Waals surface area contributed by atoms with Crippen LogP contribution in [0.1, 0.15) is 22.4 Å². The summed E-state index contributed by atoms with van der Waals surface area (Å²) in [4.78, 5) is 0.892. The molecule has 0 fully saturated rings. The first-order valence-corrected chi connectivity index (χ1v) is 9.22. The second-order valence-electron chi connectivity index (χ2n) is 5.14. The zero-order chi connectivity index (χ0) is 14.9. The van der Waals surface area contributed by atoms with E-state index in [1.54, 1.807) is 16.4 Å². The molecule has 0 saturated heterocycles. The van der Waals surface area contributed by atoms with E-state index in [9.17, 15) is 8.42 Å². The van der Waals surface area contributed by atoms with Gasteiger partial charge in [0.25, 0.3) is 10.0 Å². The monoisotopic (exact) mass is 322 g/mol. The molecule has 6 heteroatoms. The van der Waals surface area contributed by atoms with Gasteiger partial charge in [0.2, 0.25) is 0 Å². The van der Waals surface area contributed by atoms with Crippen molar-refractivity contribution >= 4 is 21.4 Å². The summed E-state index contributed by atoms with van der Waals surface area (Å²) in [6.07, 6.45) is 1.78. The maximum atomic E-state index is 12.8. The topological polar surface area (TPSA) is 63.4 Å². The third kappa shape index (κ3) is 2.89. The summed E-state index contributed by atoms with van der Waals surface area (Å²) in [7, 11) is -3.42. The van der Waals surface area contributed by atoms with Gasteiger partial charge in [-0.2, -0.15) is 4.31 Å². The largest absolute Gasteiger partial charge is 0.326 e. The van der Waals surface area contributed by atoms with E-state index in [4.69, 9.17) is 5.73 Å². The first kappa shape index (κ1) is 14.7. The predicted octanol–water partition coefficient (Wildman–Crippen LogP) is 2.34. The molecular weight excluding hydrogens is 304 g/mol. The van der Waals surface area contributed by atoms with Gasteiger partial charge in [0, 0.05) is 24.5 Å². The average molecular weight is 322 g/mol. The molecule has 2 aromatic rings. The van der Waals surface area contributed by atoms with Gasteiger partial charge in [-0.3, -0.25) is 0 Å². The van der Waals surface area contributed by atoms with E-state index in [1.165, 1.54) is 16.9 Å². The van der Waals surface area contributed by atoms with Crippen LogP contribution in [0.25, 0.3) is 0 Å². The van der Waals surface area contributed by atoms with E-state index in [-0.39, 0.29) is 0 Å². The van der Waals surface area contributed by atoms with Gasteiger partial charge in [0.1, 0.15) is 4.21 Å². The van der Waals surface area contributed by atoms with Crippen molar-refractivity contribution in [1.29, 1.82) is 0 Å². The fraction of sp³-hybridized carbons (Fsp3) is 0.333. The Balaban J connectivity index is 1.92. The van der Waals surface area contributed by atoms with Gasteiger partial charge in [0.15, 0.2) is 0 Å². The van der Waals surface area contributed by atoms with Crippen LogP contribution in [0.5, 0.6) is 0 Å². The molecule has 0 aliphatic carbocycles. The molecule has 0 spiro atoms. The molecular formula is C15H18N2O2S2. The number of nitrogens with two attached hydrogens (primary N) is 1. The van der Waals surface area contributed by atoms with E-state index < -0.39 is 10.0 Å². The van der Waals surface area contributed by atoms with Crippen LogP contribution in [0.4, 0.5) is 0 Å². The highest BCUT2D eigenvalue weighted by Gasteiger charge is 2.28. The van der Waals surface area contributed by atoms with Crippen molar-refractivity contribution in [2.24, 2.45) is 5.73 Å². The Morgan fingerprint density at radius 3 is 2.62 bits per heavy atom. The SMILES string of the molecule is NCc1ccc(S(=O)(=O)N2CCCc3ccccc3C2)s1. The Bertz CT molecular complexity index is 738. The number of fused-ring (bicyclic) bond motifs is 1. The summed E-state index contributed by atoms with van der Waals surface area (Å²) < 4.78 is 27.5. The first-order valence-electron chi connectivity index (χ1n) is 6.97. The number of hydrogen-bond donors (Lipinski definition) is 1. The molecule has 1 aromatic heterocycles. The second kappa shape index (κ2) is 5.88. The lowest BCUT2D eigenvalue weighted by Gasteiger charge is -2.19. The van der Waals surface area contributed by atoms with Crippen molar-refractivity contribution < 1.29 is 8.42 Å². The van der Waals surface area contributed by atoms with Crippen molar-refractivity contribution in [3.63, 3.8) is 0 Å². The number of thiophene rings is 1. The number of nitrogens with zero attached hydrogens (tertiary/aromatic N) is 1. The highest BCUT2D eigenvalue weighted by Crippen LogP contribution is 2.28. The molecule has 1 aliphatic heterocycles. The predicted molar refractivity (Wildman–Crippen MR) is 84.6 cm³/mol. The summed E-state index contributed by atoms with van der Waals surface area (Å²) >= 11 is 1.27. The maximum absolute atomic E-state index is 12.8. The molecule has 0 atom stereocenters. The number of aryl methyl sites for hydroxylation is 1. The summed E-state index contributed by atoms with van der Waals surface area (Å²) in [6, 6.07) is 11.5. The van der Waals surface area contributed by atoms with Crippen molar-refractivity contribution in [2.75, 3.05) is 6.54 Å². The quantitative estimate of drug-likeness (QED) is 0.943. The molecule has 112 valence electrons. The Hall–Kier alpha value is -1.21. The maximum Gasteiger partial charge on any atom is 0.252 e. The minimum absolute atomic E-state index is 0.378. The van der Waals surface area contributed by atoms with Gasteiger partial charge in [-0.25, -0.2) is 8.42 Å². The lowest BCUT2D eigenvalue weighted by atomic mass is 10.0. The standard InChI is InChI=1S/C15H18N2O2S2/c16-10-14-7-8-15(20-14)21(18,19)17-9-3-6-12-4-1-2-5-13(12)11-17/h1-2,4-5,7-8H,3,6,9-11,16H2. The Morgan fingerprint density at radius 1 is 1.14 bits per heavy atom. The van der Waals surface area contributed by atoms with E-state index in [1.807, 2.05) is 18.2 Å². The van der Waals surface area contributed by atoms with Gasteiger partial charge in [-0.05, 0) is 36.1 Å². The van der Waals surface area contributed by atoms with Gasteiger partial charge >= 0.3 is 0 Å².